The Morgan fingerprint density at radius 1 is 1.23 bits per heavy atom. The van der Waals surface area contributed by atoms with Crippen molar-refractivity contribution in [1.29, 1.82) is 0 Å². The predicted molar refractivity (Wildman–Crippen MR) is 56.6 cm³/mol. The normalized spacial score (nSPS) is 10.3. The largest absolute Gasteiger partial charge is 0.329 e. The molecule has 0 aliphatic rings. The molecule has 0 radical (unpaired) electrons. The lowest BCUT2D eigenvalue weighted by Gasteiger charge is -2.07. The summed E-state index contributed by atoms with van der Waals surface area (Å²) in [4.78, 5) is 0. The van der Waals surface area contributed by atoms with Crippen LogP contribution >= 0.6 is 0 Å². The number of hydrogen-bond donors (Lipinski definition) is 2. The second-order valence-electron chi connectivity index (χ2n) is 3.09. The highest BCUT2D eigenvalue weighted by atomic mass is 14.9. The monoisotopic (exact) mass is 178 g/mol. The highest BCUT2D eigenvalue weighted by molar-refractivity contribution is 5.26. The van der Waals surface area contributed by atoms with E-state index < -0.39 is 0 Å². The first-order chi connectivity index (χ1) is 6.38. The molecule has 13 heavy (non-hydrogen) atoms. The first-order valence-corrected chi connectivity index (χ1v) is 4.86. The minimum Gasteiger partial charge on any atom is -0.329 e. The zero-order chi connectivity index (χ0) is 9.52. The number of rotatable bonds is 5. The molecule has 0 spiro atoms. The Hall–Kier alpha value is -0.860. The third-order valence-corrected chi connectivity index (χ3v) is 2.14. The van der Waals surface area contributed by atoms with E-state index in [1.807, 2.05) is 0 Å². The lowest BCUT2D eigenvalue weighted by Crippen LogP contribution is -2.22. The fraction of sp³-hybridized carbons (Fsp3) is 0.455. The number of benzene rings is 1. The lowest BCUT2D eigenvalue weighted by molar-refractivity contribution is 0.690. The number of aryl methyl sites for hydroxylation is 1. The third kappa shape index (κ3) is 3.17. The van der Waals surface area contributed by atoms with Crippen molar-refractivity contribution >= 4 is 0 Å². The van der Waals surface area contributed by atoms with Crippen LogP contribution in [0.5, 0.6) is 0 Å². The van der Waals surface area contributed by atoms with Crippen molar-refractivity contribution in [2.75, 3.05) is 13.1 Å². The Kier molecular flexibility index (Phi) is 4.50. The van der Waals surface area contributed by atoms with Crippen LogP contribution in [0.1, 0.15) is 18.1 Å². The molecule has 0 saturated carbocycles. The summed E-state index contributed by atoms with van der Waals surface area (Å²) in [5, 5.41) is 3.30. The van der Waals surface area contributed by atoms with E-state index in [0.717, 1.165) is 19.5 Å². The average molecular weight is 178 g/mol. The molecule has 0 heterocycles. The molecule has 0 aliphatic heterocycles. The van der Waals surface area contributed by atoms with E-state index in [0.29, 0.717) is 6.54 Å². The summed E-state index contributed by atoms with van der Waals surface area (Å²) in [6.45, 7) is 4.70. The Morgan fingerprint density at radius 2 is 1.92 bits per heavy atom. The summed E-state index contributed by atoms with van der Waals surface area (Å²) in [7, 11) is 0. The Morgan fingerprint density at radius 3 is 2.54 bits per heavy atom. The van der Waals surface area contributed by atoms with Gasteiger partial charge in [-0.1, -0.05) is 31.2 Å². The zero-order valence-corrected chi connectivity index (χ0v) is 8.22. The molecule has 0 saturated heterocycles. The van der Waals surface area contributed by atoms with Crippen LogP contribution in [0.25, 0.3) is 0 Å². The molecule has 0 aromatic heterocycles. The van der Waals surface area contributed by atoms with Crippen molar-refractivity contribution in [3.05, 3.63) is 35.4 Å². The highest BCUT2D eigenvalue weighted by Gasteiger charge is 1.97. The van der Waals surface area contributed by atoms with Gasteiger partial charge in [0, 0.05) is 19.6 Å². The number of hydrogen-bond acceptors (Lipinski definition) is 2. The van der Waals surface area contributed by atoms with Crippen LogP contribution in [-0.4, -0.2) is 13.1 Å². The second-order valence-corrected chi connectivity index (χ2v) is 3.09. The SMILES string of the molecule is CCc1ccccc1CNCCN. The van der Waals surface area contributed by atoms with E-state index in [4.69, 9.17) is 5.73 Å². The minimum atomic E-state index is 0.703. The van der Waals surface area contributed by atoms with Crippen LogP contribution in [-0.2, 0) is 13.0 Å². The molecule has 72 valence electrons. The smallest absolute Gasteiger partial charge is 0.0208 e. The van der Waals surface area contributed by atoms with Gasteiger partial charge in [0.2, 0.25) is 0 Å². The van der Waals surface area contributed by atoms with Crippen molar-refractivity contribution in [2.24, 2.45) is 5.73 Å². The maximum absolute atomic E-state index is 5.40. The van der Waals surface area contributed by atoms with Crippen molar-refractivity contribution in [2.45, 2.75) is 19.9 Å². The first kappa shape index (κ1) is 10.2. The van der Waals surface area contributed by atoms with Gasteiger partial charge in [0.05, 0.1) is 0 Å². The first-order valence-electron chi connectivity index (χ1n) is 4.86. The summed E-state index contributed by atoms with van der Waals surface area (Å²) >= 11 is 0. The van der Waals surface area contributed by atoms with E-state index in [9.17, 15) is 0 Å². The lowest BCUT2D eigenvalue weighted by atomic mass is 10.1. The fourth-order valence-corrected chi connectivity index (χ4v) is 1.40. The molecular weight excluding hydrogens is 160 g/mol. The van der Waals surface area contributed by atoms with E-state index in [-0.39, 0.29) is 0 Å². The maximum atomic E-state index is 5.40. The van der Waals surface area contributed by atoms with Gasteiger partial charge in [-0.2, -0.15) is 0 Å². The third-order valence-electron chi connectivity index (χ3n) is 2.14. The Bertz CT molecular complexity index is 246. The van der Waals surface area contributed by atoms with Gasteiger partial charge in [-0.3, -0.25) is 0 Å². The molecule has 2 nitrogen and oxygen atoms in total. The van der Waals surface area contributed by atoms with Crippen LogP contribution in [0.3, 0.4) is 0 Å². The molecule has 0 atom stereocenters. The van der Waals surface area contributed by atoms with Crippen LogP contribution in [0.4, 0.5) is 0 Å². The predicted octanol–water partition coefficient (Wildman–Crippen LogP) is 1.30. The molecular formula is C11H18N2. The van der Waals surface area contributed by atoms with Gasteiger partial charge in [0.25, 0.3) is 0 Å². The van der Waals surface area contributed by atoms with Gasteiger partial charge in [-0.25, -0.2) is 0 Å². The van der Waals surface area contributed by atoms with Gasteiger partial charge in [-0.15, -0.1) is 0 Å². The molecule has 0 bridgehead atoms. The molecule has 1 aromatic rings. The summed E-state index contributed by atoms with van der Waals surface area (Å²) in [5.41, 5.74) is 8.21. The van der Waals surface area contributed by atoms with Crippen molar-refractivity contribution in [1.82, 2.24) is 5.32 Å². The maximum Gasteiger partial charge on any atom is 0.0208 e. The Balaban J connectivity index is 2.54. The standard InChI is InChI=1S/C11H18N2/c1-2-10-5-3-4-6-11(10)9-13-8-7-12/h3-6,13H,2,7-9,12H2,1H3. The molecule has 0 unspecified atom stereocenters. The summed E-state index contributed by atoms with van der Waals surface area (Å²) in [6.07, 6.45) is 1.10. The second kappa shape index (κ2) is 5.73. The van der Waals surface area contributed by atoms with E-state index >= 15 is 0 Å². The van der Waals surface area contributed by atoms with E-state index in [1.165, 1.54) is 11.1 Å². The number of nitrogens with one attached hydrogen (secondary N) is 1. The van der Waals surface area contributed by atoms with Crippen molar-refractivity contribution in [3.63, 3.8) is 0 Å². The molecule has 2 heteroatoms. The van der Waals surface area contributed by atoms with Crippen molar-refractivity contribution < 1.29 is 0 Å². The van der Waals surface area contributed by atoms with Gasteiger partial charge in [-0.05, 0) is 17.5 Å². The van der Waals surface area contributed by atoms with E-state index in [2.05, 4.69) is 36.5 Å². The number of nitrogens with two attached hydrogens (primary N) is 1. The van der Waals surface area contributed by atoms with Crippen LogP contribution in [0, 0.1) is 0 Å². The van der Waals surface area contributed by atoms with Gasteiger partial charge in [0.15, 0.2) is 0 Å². The molecule has 1 rings (SSSR count). The fourth-order valence-electron chi connectivity index (χ4n) is 1.40. The van der Waals surface area contributed by atoms with E-state index in [1.54, 1.807) is 0 Å². The molecule has 0 fully saturated rings. The summed E-state index contributed by atoms with van der Waals surface area (Å²) < 4.78 is 0. The van der Waals surface area contributed by atoms with Crippen LogP contribution < -0.4 is 11.1 Å². The average Bonchev–Trinajstić information content (AvgIpc) is 2.19. The quantitative estimate of drug-likeness (QED) is 0.667. The van der Waals surface area contributed by atoms with Crippen molar-refractivity contribution in [3.8, 4) is 0 Å². The molecule has 1 aromatic carbocycles. The van der Waals surface area contributed by atoms with Crippen LogP contribution in [0.2, 0.25) is 0 Å². The molecule has 3 N–H and O–H groups in total. The summed E-state index contributed by atoms with van der Waals surface area (Å²) in [5.74, 6) is 0. The van der Waals surface area contributed by atoms with Gasteiger partial charge >= 0.3 is 0 Å². The van der Waals surface area contributed by atoms with Crippen LogP contribution in [0.15, 0.2) is 24.3 Å². The molecule has 0 aliphatic carbocycles. The Labute approximate surface area is 80.1 Å². The minimum absolute atomic E-state index is 0.703. The molecule has 0 amide bonds. The summed E-state index contributed by atoms with van der Waals surface area (Å²) in [6, 6.07) is 8.52. The topological polar surface area (TPSA) is 38.0 Å². The highest BCUT2D eigenvalue weighted by Crippen LogP contribution is 2.08. The van der Waals surface area contributed by atoms with Gasteiger partial charge < -0.3 is 11.1 Å². The zero-order valence-electron chi connectivity index (χ0n) is 8.22. The van der Waals surface area contributed by atoms with Gasteiger partial charge in [0.1, 0.15) is 0 Å².